The molecule has 0 aromatic heterocycles. The summed E-state index contributed by atoms with van der Waals surface area (Å²) in [6.07, 6.45) is 42.8. The van der Waals surface area contributed by atoms with E-state index < -0.39 is 0 Å². The van der Waals surface area contributed by atoms with Gasteiger partial charge in [-0.1, -0.05) is 160 Å². The van der Waals surface area contributed by atoms with E-state index >= 15 is 0 Å². The van der Waals surface area contributed by atoms with Crippen LogP contribution in [-0.2, 0) is 9.53 Å². The van der Waals surface area contributed by atoms with Crippen molar-refractivity contribution in [1.82, 2.24) is 0 Å². The molecule has 1 N–H and O–H groups in total. The second kappa shape index (κ2) is 35.2. The number of hydrogen-bond donors (Lipinski definition) is 1. The Kier molecular flexibility index (Phi) is 34.4. The molecular formula is C36H70O3. The fourth-order valence-electron chi connectivity index (χ4n) is 5.29. The number of hydrogen-bond acceptors (Lipinski definition) is 3. The van der Waals surface area contributed by atoms with Gasteiger partial charge in [0, 0.05) is 13.0 Å². The molecule has 232 valence electrons. The molecule has 0 bridgehead atoms. The van der Waals surface area contributed by atoms with Gasteiger partial charge in [-0.15, -0.1) is 0 Å². The summed E-state index contributed by atoms with van der Waals surface area (Å²) in [6, 6.07) is 0. The van der Waals surface area contributed by atoms with E-state index in [9.17, 15) is 4.79 Å². The Labute approximate surface area is 245 Å². The number of rotatable bonds is 33. The van der Waals surface area contributed by atoms with Crippen LogP contribution in [0.2, 0.25) is 0 Å². The number of ether oxygens (including phenoxy) is 1. The van der Waals surface area contributed by atoms with Crippen LogP contribution in [0.25, 0.3) is 0 Å². The van der Waals surface area contributed by atoms with Crippen molar-refractivity contribution in [3.63, 3.8) is 0 Å². The van der Waals surface area contributed by atoms with Gasteiger partial charge in [0.25, 0.3) is 0 Å². The summed E-state index contributed by atoms with van der Waals surface area (Å²) in [5.41, 5.74) is 0. The minimum Gasteiger partial charge on any atom is -0.466 e. The van der Waals surface area contributed by atoms with Gasteiger partial charge >= 0.3 is 5.97 Å². The fourth-order valence-corrected chi connectivity index (χ4v) is 5.29. The maximum Gasteiger partial charge on any atom is 0.305 e. The zero-order valence-electron chi connectivity index (χ0n) is 26.5. The van der Waals surface area contributed by atoms with Crippen LogP contribution < -0.4 is 0 Å². The lowest BCUT2D eigenvalue weighted by molar-refractivity contribution is -0.143. The molecule has 0 aromatic carbocycles. The quantitative estimate of drug-likeness (QED) is 0.0502. The molecule has 0 saturated carbocycles. The summed E-state index contributed by atoms with van der Waals surface area (Å²) in [4.78, 5) is 11.9. The first-order chi connectivity index (χ1) is 19.3. The van der Waals surface area contributed by atoms with E-state index in [1.54, 1.807) is 0 Å². The van der Waals surface area contributed by atoms with Crippen LogP contribution in [0.5, 0.6) is 0 Å². The third-order valence-electron chi connectivity index (χ3n) is 7.96. The zero-order chi connectivity index (χ0) is 28.3. The van der Waals surface area contributed by atoms with Gasteiger partial charge in [0.1, 0.15) is 0 Å². The summed E-state index contributed by atoms with van der Waals surface area (Å²) in [7, 11) is 0. The van der Waals surface area contributed by atoms with E-state index in [1.165, 1.54) is 167 Å². The molecule has 39 heavy (non-hydrogen) atoms. The topological polar surface area (TPSA) is 46.5 Å². The molecule has 0 saturated heterocycles. The highest BCUT2D eigenvalue weighted by atomic mass is 16.5. The van der Waals surface area contributed by atoms with Crippen molar-refractivity contribution in [3.8, 4) is 0 Å². The van der Waals surface area contributed by atoms with Crippen LogP contribution in [0.1, 0.15) is 200 Å². The maximum absolute atomic E-state index is 11.9. The van der Waals surface area contributed by atoms with Crippen LogP contribution in [0.15, 0.2) is 12.2 Å². The van der Waals surface area contributed by atoms with Crippen molar-refractivity contribution in [2.45, 2.75) is 200 Å². The molecule has 0 amide bonds. The number of aliphatic hydroxyl groups excluding tert-OH is 1. The minimum absolute atomic E-state index is 0.0103. The second-order valence-electron chi connectivity index (χ2n) is 11.9. The highest BCUT2D eigenvalue weighted by Crippen LogP contribution is 2.14. The Balaban J connectivity index is 3.18. The molecule has 0 atom stereocenters. The van der Waals surface area contributed by atoms with Crippen LogP contribution in [0.3, 0.4) is 0 Å². The van der Waals surface area contributed by atoms with Gasteiger partial charge in [0.15, 0.2) is 0 Å². The summed E-state index contributed by atoms with van der Waals surface area (Å²) < 4.78 is 5.43. The molecule has 0 rings (SSSR count). The van der Waals surface area contributed by atoms with Gasteiger partial charge in [0.05, 0.1) is 6.61 Å². The van der Waals surface area contributed by atoms with Gasteiger partial charge in [0.2, 0.25) is 0 Å². The Morgan fingerprint density at radius 2 is 0.846 bits per heavy atom. The molecule has 0 aliphatic carbocycles. The molecule has 0 heterocycles. The fraction of sp³-hybridized carbons (Fsp3) is 0.917. The van der Waals surface area contributed by atoms with Gasteiger partial charge in [-0.25, -0.2) is 0 Å². The van der Waals surface area contributed by atoms with Gasteiger partial charge < -0.3 is 9.84 Å². The van der Waals surface area contributed by atoms with E-state index in [0.717, 1.165) is 19.3 Å². The predicted molar refractivity (Wildman–Crippen MR) is 171 cm³/mol. The number of carbonyl (C=O) groups is 1. The first-order valence-corrected chi connectivity index (χ1v) is 17.7. The van der Waals surface area contributed by atoms with E-state index in [1.807, 2.05) is 0 Å². The monoisotopic (exact) mass is 551 g/mol. The molecule has 0 unspecified atom stereocenters. The summed E-state index contributed by atoms with van der Waals surface area (Å²) in [5, 5.41) is 8.78. The zero-order valence-corrected chi connectivity index (χ0v) is 26.5. The number of aliphatic hydroxyl groups is 1. The molecule has 3 heteroatoms. The number of allylic oxidation sites excluding steroid dienone is 2. The van der Waals surface area contributed by atoms with Crippen molar-refractivity contribution in [3.05, 3.63) is 12.2 Å². The first-order valence-electron chi connectivity index (χ1n) is 17.7. The van der Waals surface area contributed by atoms with E-state index in [2.05, 4.69) is 19.1 Å². The van der Waals surface area contributed by atoms with Gasteiger partial charge in [-0.3, -0.25) is 4.79 Å². The molecular weight excluding hydrogens is 480 g/mol. The Morgan fingerprint density at radius 3 is 1.28 bits per heavy atom. The summed E-state index contributed by atoms with van der Waals surface area (Å²) >= 11 is 0. The van der Waals surface area contributed by atoms with E-state index in [0.29, 0.717) is 19.6 Å². The summed E-state index contributed by atoms with van der Waals surface area (Å²) in [5.74, 6) is 0.0103. The van der Waals surface area contributed by atoms with Crippen molar-refractivity contribution < 1.29 is 14.6 Å². The highest BCUT2D eigenvalue weighted by Gasteiger charge is 2.02. The second-order valence-corrected chi connectivity index (χ2v) is 11.9. The average molecular weight is 551 g/mol. The van der Waals surface area contributed by atoms with Crippen LogP contribution in [0, 0.1) is 0 Å². The van der Waals surface area contributed by atoms with Gasteiger partial charge in [-0.05, 0) is 44.9 Å². The van der Waals surface area contributed by atoms with Crippen molar-refractivity contribution >= 4 is 5.97 Å². The smallest absolute Gasteiger partial charge is 0.305 e. The molecule has 0 aromatic rings. The van der Waals surface area contributed by atoms with Crippen LogP contribution in [-0.4, -0.2) is 24.3 Å². The Bertz CT molecular complexity index is 488. The average Bonchev–Trinajstić information content (AvgIpc) is 2.94. The van der Waals surface area contributed by atoms with Crippen LogP contribution in [0.4, 0.5) is 0 Å². The normalized spacial score (nSPS) is 11.5. The third-order valence-corrected chi connectivity index (χ3v) is 7.96. The van der Waals surface area contributed by atoms with Crippen molar-refractivity contribution in [1.29, 1.82) is 0 Å². The molecule has 0 fully saturated rings. The highest BCUT2D eigenvalue weighted by molar-refractivity contribution is 5.69. The lowest BCUT2D eigenvalue weighted by atomic mass is 10.0. The van der Waals surface area contributed by atoms with E-state index in [-0.39, 0.29) is 5.97 Å². The first kappa shape index (κ1) is 38.2. The maximum atomic E-state index is 11.9. The lowest BCUT2D eigenvalue weighted by Crippen LogP contribution is -2.05. The number of carbonyl (C=O) groups excluding carboxylic acids is 1. The van der Waals surface area contributed by atoms with Crippen molar-refractivity contribution in [2.75, 3.05) is 13.2 Å². The Morgan fingerprint density at radius 1 is 0.487 bits per heavy atom. The molecule has 3 nitrogen and oxygen atoms in total. The molecule has 0 radical (unpaired) electrons. The molecule has 0 aliphatic rings. The summed E-state index contributed by atoms with van der Waals surface area (Å²) in [6.45, 7) is 3.24. The minimum atomic E-state index is 0.0103. The SMILES string of the molecule is CCCCCCCC/C=C\CCCCCCCCOC(=O)CCCCCCCCCCCCCCCCCO. The van der Waals surface area contributed by atoms with E-state index in [4.69, 9.17) is 9.84 Å². The predicted octanol–water partition coefficient (Wildman–Crippen LogP) is 11.8. The largest absolute Gasteiger partial charge is 0.466 e. The molecule has 0 spiro atoms. The number of esters is 1. The lowest BCUT2D eigenvalue weighted by Gasteiger charge is -2.05. The third kappa shape index (κ3) is 35.1. The molecule has 0 aliphatic heterocycles. The van der Waals surface area contributed by atoms with Crippen molar-refractivity contribution in [2.24, 2.45) is 0 Å². The van der Waals surface area contributed by atoms with Crippen LogP contribution >= 0.6 is 0 Å². The standard InChI is InChI=1S/C36H70O3/c1-2-3-4-5-6-7-8-9-10-14-17-20-23-26-29-32-35-39-36(38)33-30-27-24-21-18-15-12-11-13-16-19-22-25-28-31-34-37/h9-10,37H,2-8,11-35H2,1H3/b10-9-. The Hall–Kier alpha value is -0.830. The van der Waals surface area contributed by atoms with Gasteiger partial charge in [-0.2, -0.15) is 0 Å². The number of unbranched alkanes of at least 4 members (excludes halogenated alkanes) is 26.